The molecule has 1 aliphatic rings. The first-order valence-corrected chi connectivity index (χ1v) is 5.94. The van der Waals surface area contributed by atoms with Crippen LogP contribution in [0.4, 0.5) is 19.0 Å². The summed E-state index contributed by atoms with van der Waals surface area (Å²) in [5.74, 6) is -0.0560. The Hall–Kier alpha value is -1.30. The third-order valence-corrected chi connectivity index (χ3v) is 3.17. The zero-order valence-electron chi connectivity index (χ0n) is 10.2. The van der Waals surface area contributed by atoms with Gasteiger partial charge in [-0.2, -0.15) is 13.2 Å². The first-order valence-electron chi connectivity index (χ1n) is 5.94. The number of halogens is 3. The molecule has 0 aliphatic carbocycles. The summed E-state index contributed by atoms with van der Waals surface area (Å²) in [7, 11) is 2.01. The predicted octanol–water partition coefficient (Wildman–Crippen LogP) is 2.61. The van der Waals surface area contributed by atoms with Crippen molar-refractivity contribution in [3.05, 3.63) is 23.9 Å². The van der Waals surface area contributed by atoms with E-state index in [0.29, 0.717) is 0 Å². The molecule has 0 spiro atoms. The maximum atomic E-state index is 12.8. The quantitative estimate of drug-likeness (QED) is 0.885. The van der Waals surface area contributed by atoms with Gasteiger partial charge < -0.3 is 10.2 Å². The van der Waals surface area contributed by atoms with Gasteiger partial charge in [-0.25, -0.2) is 4.98 Å². The minimum Gasteiger partial charge on any atom is -0.367 e. The monoisotopic (exact) mass is 259 g/mol. The Kier molecular flexibility index (Phi) is 3.75. The lowest BCUT2D eigenvalue weighted by Crippen LogP contribution is -2.37. The van der Waals surface area contributed by atoms with E-state index in [9.17, 15) is 13.2 Å². The van der Waals surface area contributed by atoms with Crippen molar-refractivity contribution in [1.82, 2.24) is 9.88 Å². The molecule has 0 amide bonds. The van der Waals surface area contributed by atoms with Gasteiger partial charge in [-0.05, 0) is 45.1 Å². The fourth-order valence-corrected chi connectivity index (χ4v) is 2.10. The molecule has 2 heterocycles. The average molecular weight is 259 g/mol. The van der Waals surface area contributed by atoms with Crippen molar-refractivity contribution in [3.8, 4) is 0 Å². The number of anilines is 1. The number of pyridine rings is 1. The van der Waals surface area contributed by atoms with Gasteiger partial charge in [0.15, 0.2) is 0 Å². The third-order valence-electron chi connectivity index (χ3n) is 3.17. The molecule has 0 saturated carbocycles. The standard InChI is InChI=1S/C12H16F3N3/c1-18-7-4-9(5-8-18)17-11-10(12(13,14)15)3-2-6-16-11/h2-3,6,9H,4-5,7-8H2,1H3,(H,16,17). The molecule has 1 aliphatic heterocycles. The molecule has 3 nitrogen and oxygen atoms in total. The second-order valence-corrected chi connectivity index (χ2v) is 4.62. The van der Waals surface area contributed by atoms with E-state index < -0.39 is 11.7 Å². The fraction of sp³-hybridized carbons (Fsp3) is 0.583. The summed E-state index contributed by atoms with van der Waals surface area (Å²) in [5, 5.41) is 2.92. The van der Waals surface area contributed by atoms with Gasteiger partial charge in [-0.1, -0.05) is 0 Å². The zero-order valence-corrected chi connectivity index (χ0v) is 10.2. The number of hydrogen-bond acceptors (Lipinski definition) is 3. The largest absolute Gasteiger partial charge is 0.419 e. The van der Waals surface area contributed by atoms with E-state index in [0.717, 1.165) is 32.0 Å². The molecule has 1 fully saturated rings. The molecule has 0 radical (unpaired) electrons. The molecule has 0 aromatic carbocycles. The highest BCUT2D eigenvalue weighted by molar-refractivity contribution is 5.46. The summed E-state index contributed by atoms with van der Waals surface area (Å²) in [6.07, 6.45) is -1.30. The number of likely N-dealkylation sites (tertiary alicyclic amines) is 1. The van der Waals surface area contributed by atoms with Gasteiger partial charge in [-0.15, -0.1) is 0 Å². The number of rotatable bonds is 2. The number of nitrogens with zero attached hydrogens (tertiary/aromatic N) is 2. The molecule has 1 saturated heterocycles. The number of piperidine rings is 1. The summed E-state index contributed by atoms with van der Waals surface area (Å²) in [6, 6.07) is 2.43. The molecule has 0 atom stereocenters. The van der Waals surface area contributed by atoms with E-state index in [1.165, 1.54) is 12.3 Å². The summed E-state index contributed by atoms with van der Waals surface area (Å²) in [6.45, 7) is 1.79. The van der Waals surface area contributed by atoms with Crippen LogP contribution < -0.4 is 5.32 Å². The lowest BCUT2D eigenvalue weighted by molar-refractivity contribution is -0.137. The van der Waals surface area contributed by atoms with E-state index in [2.05, 4.69) is 15.2 Å². The molecule has 0 bridgehead atoms. The number of nitrogens with one attached hydrogen (secondary N) is 1. The van der Waals surface area contributed by atoms with Crippen molar-refractivity contribution in [2.45, 2.75) is 25.1 Å². The molecule has 1 aromatic rings. The van der Waals surface area contributed by atoms with E-state index in [1.54, 1.807) is 0 Å². The van der Waals surface area contributed by atoms with Crippen molar-refractivity contribution >= 4 is 5.82 Å². The number of aromatic nitrogens is 1. The SMILES string of the molecule is CN1CCC(Nc2ncccc2C(F)(F)F)CC1. The zero-order chi connectivity index (χ0) is 13.2. The van der Waals surface area contributed by atoms with E-state index in [-0.39, 0.29) is 11.9 Å². The fourth-order valence-electron chi connectivity index (χ4n) is 2.10. The van der Waals surface area contributed by atoms with Crippen LogP contribution in [-0.2, 0) is 6.18 Å². The van der Waals surface area contributed by atoms with Crippen LogP contribution in [0.2, 0.25) is 0 Å². The first-order chi connectivity index (χ1) is 8.47. The topological polar surface area (TPSA) is 28.2 Å². The Morgan fingerprint density at radius 3 is 2.61 bits per heavy atom. The smallest absolute Gasteiger partial charge is 0.367 e. The summed E-state index contributed by atoms with van der Waals surface area (Å²) in [5.41, 5.74) is -0.691. The van der Waals surface area contributed by atoms with Gasteiger partial charge in [0.2, 0.25) is 0 Å². The lowest BCUT2D eigenvalue weighted by atomic mass is 10.1. The molecule has 100 valence electrons. The summed E-state index contributed by atoms with van der Waals surface area (Å²) in [4.78, 5) is 5.98. The highest BCUT2D eigenvalue weighted by Crippen LogP contribution is 2.34. The average Bonchev–Trinajstić information content (AvgIpc) is 2.31. The first kappa shape index (κ1) is 13.1. The van der Waals surface area contributed by atoms with Gasteiger partial charge in [0.05, 0.1) is 5.56 Å². The minimum atomic E-state index is -4.36. The molecule has 18 heavy (non-hydrogen) atoms. The van der Waals surface area contributed by atoms with Crippen LogP contribution in [0.15, 0.2) is 18.3 Å². The molecule has 0 unspecified atom stereocenters. The Morgan fingerprint density at radius 1 is 1.33 bits per heavy atom. The number of hydrogen-bond donors (Lipinski definition) is 1. The van der Waals surface area contributed by atoms with Crippen LogP contribution in [0, 0.1) is 0 Å². The van der Waals surface area contributed by atoms with Crippen molar-refractivity contribution < 1.29 is 13.2 Å². The Labute approximate surface area is 104 Å². The third kappa shape index (κ3) is 3.13. The maximum Gasteiger partial charge on any atom is 0.419 e. The van der Waals surface area contributed by atoms with Crippen LogP contribution in [0.1, 0.15) is 18.4 Å². The van der Waals surface area contributed by atoms with Crippen LogP contribution in [0.25, 0.3) is 0 Å². The molecule has 6 heteroatoms. The van der Waals surface area contributed by atoms with Crippen LogP contribution in [-0.4, -0.2) is 36.1 Å². The minimum absolute atomic E-state index is 0.0560. The summed E-state index contributed by atoms with van der Waals surface area (Å²) < 4.78 is 38.3. The van der Waals surface area contributed by atoms with E-state index in [4.69, 9.17) is 0 Å². The second kappa shape index (κ2) is 5.14. The highest BCUT2D eigenvalue weighted by atomic mass is 19.4. The van der Waals surface area contributed by atoms with Crippen LogP contribution in [0.3, 0.4) is 0 Å². The molecule has 2 rings (SSSR count). The lowest BCUT2D eigenvalue weighted by Gasteiger charge is -2.30. The molecule has 1 aromatic heterocycles. The van der Waals surface area contributed by atoms with Gasteiger partial charge in [0.1, 0.15) is 5.82 Å². The van der Waals surface area contributed by atoms with Gasteiger partial charge in [-0.3, -0.25) is 0 Å². The van der Waals surface area contributed by atoms with Crippen molar-refractivity contribution in [2.75, 3.05) is 25.5 Å². The van der Waals surface area contributed by atoms with Gasteiger partial charge >= 0.3 is 6.18 Å². The van der Waals surface area contributed by atoms with E-state index >= 15 is 0 Å². The van der Waals surface area contributed by atoms with Gasteiger partial charge in [0, 0.05) is 12.2 Å². The number of alkyl halides is 3. The predicted molar refractivity (Wildman–Crippen MR) is 63.4 cm³/mol. The molecular weight excluding hydrogens is 243 g/mol. The van der Waals surface area contributed by atoms with Crippen molar-refractivity contribution in [1.29, 1.82) is 0 Å². The van der Waals surface area contributed by atoms with Crippen LogP contribution >= 0.6 is 0 Å². The van der Waals surface area contributed by atoms with Crippen molar-refractivity contribution in [2.24, 2.45) is 0 Å². The Bertz CT molecular complexity index is 398. The second-order valence-electron chi connectivity index (χ2n) is 4.62. The van der Waals surface area contributed by atoms with Crippen LogP contribution in [0.5, 0.6) is 0 Å². The molecular formula is C12H16F3N3. The summed E-state index contributed by atoms with van der Waals surface area (Å²) >= 11 is 0. The molecule has 1 N–H and O–H groups in total. The highest BCUT2D eigenvalue weighted by Gasteiger charge is 2.34. The van der Waals surface area contributed by atoms with E-state index in [1.807, 2.05) is 7.05 Å². The normalized spacial score (nSPS) is 18.9. The maximum absolute atomic E-state index is 12.8. The Balaban J connectivity index is 2.10. The van der Waals surface area contributed by atoms with Crippen molar-refractivity contribution in [3.63, 3.8) is 0 Å². The Morgan fingerprint density at radius 2 is 2.00 bits per heavy atom. The van der Waals surface area contributed by atoms with Gasteiger partial charge in [0.25, 0.3) is 0 Å².